The summed E-state index contributed by atoms with van der Waals surface area (Å²) < 4.78 is 4.80. The number of carbonyl (C=O) groups is 3. The van der Waals surface area contributed by atoms with Gasteiger partial charge in [-0.1, -0.05) is 64.4 Å². The van der Waals surface area contributed by atoms with Gasteiger partial charge in [0, 0.05) is 12.0 Å². The first kappa shape index (κ1) is 27.8. The lowest BCUT2D eigenvalue weighted by Gasteiger charge is -2.31. The van der Waals surface area contributed by atoms with Crippen molar-refractivity contribution < 1.29 is 24.2 Å². The number of rotatable bonds is 11. The fourth-order valence-corrected chi connectivity index (χ4v) is 4.71. The third-order valence-electron chi connectivity index (χ3n) is 6.76. The number of aliphatic hydroxyl groups is 1. The Labute approximate surface area is 203 Å². The third-order valence-corrected chi connectivity index (χ3v) is 6.76. The highest BCUT2D eigenvalue weighted by molar-refractivity contribution is 5.91. The molecule has 1 aliphatic carbocycles. The van der Waals surface area contributed by atoms with Gasteiger partial charge >= 0.3 is 5.97 Å². The highest BCUT2D eigenvalue weighted by atomic mass is 16.5. The van der Waals surface area contributed by atoms with Gasteiger partial charge in [-0.2, -0.15) is 0 Å². The van der Waals surface area contributed by atoms with Gasteiger partial charge in [-0.15, -0.1) is 0 Å². The number of nitrogens with two attached hydrogens (primary N) is 1. The second kappa shape index (κ2) is 12.9. The van der Waals surface area contributed by atoms with E-state index in [1.54, 1.807) is 0 Å². The zero-order chi connectivity index (χ0) is 25.4. The molecule has 0 bridgehead atoms. The minimum Gasteiger partial charge on any atom is -0.467 e. The standard InChI is InChI=1S/C26H41N3O5/c1-15(2)21(25(32)29-22(16(3)4)26(33)34-5)28-24(31)19-13-9-12-18(19)23(30)20(27)14-17-10-7-6-8-11-17/h6-8,10-11,15-16,18-23,30H,9,12-14,27H2,1-5H3,(H,28,31)(H,29,32)/t18?,19-,20?,21-,22?,23?/m1/s1. The van der Waals surface area contributed by atoms with Crippen molar-refractivity contribution in [3.8, 4) is 0 Å². The highest BCUT2D eigenvalue weighted by Gasteiger charge is 2.41. The Morgan fingerprint density at radius 3 is 2.21 bits per heavy atom. The maximum atomic E-state index is 13.2. The van der Waals surface area contributed by atoms with Crippen LogP contribution in [0.25, 0.3) is 0 Å². The number of esters is 1. The van der Waals surface area contributed by atoms with Gasteiger partial charge in [-0.05, 0) is 42.6 Å². The van der Waals surface area contributed by atoms with Gasteiger partial charge < -0.3 is 26.2 Å². The van der Waals surface area contributed by atoms with Crippen molar-refractivity contribution in [2.75, 3.05) is 7.11 Å². The molecule has 0 saturated heterocycles. The molecule has 2 amide bonds. The molecular formula is C26H41N3O5. The first-order chi connectivity index (χ1) is 16.1. The Kier molecular flexibility index (Phi) is 10.5. The van der Waals surface area contributed by atoms with Gasteiger partial charge in [-0.25, -0.2) is 4.79 Å². The second-order valence-corrected chi connectivity index (χ2v) is 10.0. The number of hydrogen-bond donors (Lipinski definition) is 4. The summed E-state index contributed by atoms with van der Waals surface area (Å²) in [6.07, 6.45) is 1.85. The molecule has 0 spiro atoms. The van der Waals surface area contributed by atoms with Crippen LogP contribution in [0.15, 0.2) is 30.3 Å². The average Bonchev–Trinajstić information content (AvgIpc) is 3.29. The minimum absolute atomic E-state index is 0.166. The molecular weight excluding hydrogens is 434 g/mol. The first-order valence-corrected chi connectivity index (χ1v) is 12.2. The lowest BCUT2D eigenvalue weighted by molar-refractivity contribution is -0.147. The molecule has 0 aromatic heterocycles. The maximum Gasteiger partial charge on any atom is 0.328 e. The Morgan fingerprint density at radius 2 is 1.65 bits per heavy atom. The number of nitrogens with one attached hydrogen (secondary N) is 2. The molecule has 8 nitrogen and oxygen atoms in total. The van der Waals surface area contributed by atoms with Crippen LogP contribution in [-0.4, -0.2) is 54.2 Å². The van der Waals surface area contributed by atoms with Crippen molar-refractivity contribution in [3.05, 3.63) is 35.9 Å². The fourth-order valence-electron chi connectivity index (χ4n) is 4.71. The third kappa shape index (κ3) is 7.27. The van der Waals surface area contributed by atoms with E-state index in [4.69, 9.17) is 10.5 Å². The summed E-state index contributed by atoms with van der Waals surface area (Å²) >= 11 is 0. The molecule has 1 fully saturated rings. The lowest BCUT2D eigenvalue weighted by Crippen LogP contribution is -2.56. The van der Waals surface area contributed by atoms with Crippen LogP contribution in [0.1, 0.15) is 52.5 Å². The fraction of sp³-hybridized carbons (Fsp3) is 0.654. The SMILES string of the molecule is COC(=O)C(NC(=O)[C@H](NC(=O)[C@@H]1CCCC1C(O)C(N)Cc1ccccc1)C(C)C)C(C)C. The van der Waals surface area contributed by atoms with Gasteiger partial charge in [-0.3, -0.25) is 9.59 Å². The molecule has 1 aromatic carbocycles. The number of carbonyl (C=O) groups excluding carboxylic acids is 3. The van der Waals surface area contributed by atoms with Crippen molar-refractivity contribution in [1.82, 2.24) is 10.6 Å². The Morgan fingerprint density at radius 1 is 1.03 bits per heavy atom. The maximum absolute atomic E-state index is 13.2. The van der Waals surface area contributed by atoms with Gasteiger partial charge in [0.2, 0.25) is 11.8 Å². The van der Waals surface area contributed by atoms with E-state index in [1.165, 1.54) is 7.11 Å². The number of ether oxygens (including phenoxy) is 1. The molecule has 190 valence electrons. The minimum atomic E-state index is -0.825. The molecule has 1 saturated carbocycles. The van der Waals surface area contributed by atoms with Crippen molar-refractivity contribution in [3.63, 3.8) is 0 Å². The van der Waals surface area contributed by atoms with Gasteiger partial charge in [0.15, 0.2) is 0 Å². The number of benzene rings is 1. The number of amides is 2. The molecule has 1 aliphatic rings. The van der Waals surface area contributed by atoms with Crippen molar-refractivity contribution in [2.45, 2.75) is 77.6 Å². The van der Waals surface area contributed by atoms with E-state index in [-0.39, 0.29) is 23.7 Å². The van der Waals surface area contributed by atoms with Crippen LogP contribution in [0.4, 0.5) is 0 Å². The number of hydrogen-bond acceptors (Lipinski definition) is 6. The van der Waals surface area contributed by atoms with E-state index in [0.717, 1.165) is 12.0 Å². The zero-order valence-electron chi connectivity index (χ0n) is 21.0. The summed E-state index contributed by atoms with van der Waals surface area (Å²) in [7, 11) is 1.28. The van der Waals surface area contributed by atoms with E-state index in [9.17, 15) is 19.5 Å². The lowest BCUT2D eigenvalue weighted by atomic mass is 9.84. The molecule has 5 N–H and O–H groups in total. The van der Waals surface area contributed by atoms with Crippen molar-refractivity contribution in [1.29, 1.82) is 0 Å². The molecule has 4 unspecified atom stereocenters. The predicted molar refractivity (Wildman–Crippen MR) is 131 cm³/mol. The molecule has 34 heavy (non-hydrogen) atoms. The Bertz CT molecular complexity index is 814. The summed E-state index contributed by atoms with van der Waals surface area (Å²) in [5, 5.41) is 16.6. The van der Waals surface area contributed by atoms with E-state index in [1.807, 2.05) is 58.0 Å². The average molecular weight is 476 g/mol. The van der Waals surface area contributed by atoms with Crippen LogP contribution < -0.4 is 16.4 Å². The number of methoxy groups -OCH3 is 1. The van der Waals surface area contributed by atoms with Gasteiger partial charge in [0.1, 0.15) is 12.1 Å². The van der Waals surface area contributed by atoms with Crippen LogP contribution >= 0.6 is 0 Å². The zero-order valence-corrected chi connectivity index (χ0v) is 21.0. The van der Waals surface area contributed by atoms with Crippen LogP contribution in [0.5, 0.6) is 0 Å². The Balaban J connectivity index is 2.06. The van der Waals surface area contributed by atoms with Crippen molar-refractivity contribution in [2.24, 2.45) is 29.4 Å². The van der Waals surface area contributed by atoms with Crippen LogP contribution in [-0.2, 0) is 25.5 Å². The van der Waals surface area contributed by atoms with E-state index >= 15 is 0 Å². The van der Waals surface area contributed by atoms with Gasteiger partial charge in [0.25, 0.3) is 0 Å². The molecule has 0 aliphatic heterocycles. The van der Waals surface area contributed by atoms with Gasteiger partial charge in [0.05, 0.1) is 13.2 Å². The highest BCUT2D eigenvalue weighted by Crippen LogP contribution is 2.35. The topological polar surface area (TPSA) is 131 Å². The first-order valence-electron chi connectivity index (χ1n) is 12.2. The molecule has 0 radical (unpaired) electrons. The predicted octanol–water partition coefficient (Wildman–Crippen LogP) is 1.79. The summed E-state index contributed by atoms with van der Waals surface area (Å²) in [5.74, 6) is -2.27. The largest absolute Gasteiger partial charge is 0.467 e. The molecule has 0 heterocycles. The van der Waals surface area contributed by atoms with E-state index in [0.29, 0.717) is 19.3 Å². The summed E-state index contributed by atoms with van der Waals surface area (Å²) in [5.41, 5.74) is 7.36. The summed E-state index contributed by atoms with van der Waals surface area (Å²) in [4.78, 5) is 38.3. The molecule has 8 heteroatoms. The quantitative estimate of drug-likeness (QED) is 0.361. The van der Waals surface area contributed by atoms with Crippen molar-refractivity contribution >= 4 is 17.8 Å². The second-order valence-electron chi connectivity index (χ2n) is 10.0. The van der Waals surface area contributed by atoms with Crippen LogP contribution in [0, 0.1) is 23.7 Å². The number of aliphatic hydroxyl groups excluding tert-OH is 1. The van der Waals surface area contributed by atoms with E-state index < -0.39 is 42.0 Å². The monoisotopic (exact) mass is 475 g/mol. The molecule has 6 atom stereocenters. The normalized spacial score (nSPS) is 21.6. The van der Waals surface area contributed by atoms with Crippen LogP contribution in [0.3, 0.4) is 0 Å². The summed E-state index contributed by atoms with van der Waals surface area (Å²) in [6, 6.07) is 7.63. The smallest absolute Gasteiger partial charge is 0.328 e. The molecule has 2 rings (SSSR count). The van der Waals surface area contributed by atoms with Crippen LogP contribution in [0.2, 0.25) is 0 Å². The Hall–Kier alpha value is -2.45. The summed E-state index contributed by atoms with van der Waals surface area (Å²) in [6.45, 7) is 7.30. The molecule has 1 aromatic rings. The van der Waals surface area contributed by atoms with E-state index in [2.05, 4.69) is 10.6 Å².